The van der Waals surface area contributed by atoms with E-state index in [1.54, 1.807) is 12.1 Å². The van der Waals surface area contributed by atoms with Gasteiger partial charge in [-0.05, 0) is 49.6 Å². The largest absolute Gasteiger partial charge is 0.507 e. The van der Waals surface area contributed by atoms with Crippen molar-refractivity contribution in [3.63, 3.8) is 0 Å². The molecule has 0 fully saturated rings. The monoisotopic (exact) mass is 316 g/mol. The van der Waals surface area contributed by atoms with E-state index in [2.05, 4.69) is 0 Å². The number of phenols is 1. The molecule has 1 N–H and O–H groups in total. The predicted molar refractivity (Wildman–Crippen MR) is 85.9 cm³/mol. The summed E-state index contributed by atoms with van der Waals surface area (Å²) in [4.78, 5) is 12.5. The third-order valence-electron chi connectivity index (χ3n) is 4.05. The number of carbonyl (C=O) groups is 1. The molecule has 0 saturated heterocycles. The minimum atomic E-state index is -0.558. The average Bonchev–Trinajstić information content (AvgIpc) is 2.46. The molecule has 2 aromatic rings. The van der Waals surface area contributed by atoms with Gasteiger partial charge in [-0.1, -0.05) is 29.8 Å². The second-order valence-electron chi connectivity index (χ2n) is 5.92. The Kier molecular flexibility index (Phi) is 3.83. The Morgan fingerprint density at radius 2 is 2.09 bits per heavy atom. The summed E-state index contributed by atoms with van der Waals surface area (Å²) < 4.78 is 6.05. The SMILES string of the molecule is CC1(CC(=O)c2ccc(Cl)cc2O)CCc2ccccc2O1. The molecule has 1 unspecified atom stereocenters. The number of ketones is 1. The maximum Gasteiger partial charge on any atom is 0.170 e. The fraction of sp³-hybridized carbons (Fsp3) is 0.278. The predicted octanol–water partition coefficient (Wildman–Crippen LogP) is 4.40. The number of ether oxygens (including phenoxy) is 1. The van der Waals surface area contributed by atoms with E-state index < -0.39 is 5.60 Å². The highest BCUT2D eigenvalue weighted by atomic mass is 35.5. The van der Waals surface area contributed by atoms with E-state index in [1.165, 1.54) is 11.6 Å². The zero-order chi connectivity index (χ0) is 15.7. The quantitative estimate of drug-likeness (QED) is 0.854. The first-order valence-corrected chi connectivity index (χ1v) is 7.63. The molecule has 0 bridgehead atoms. The van der Waals surface area contributed by atoms with Gasteiger partial charge in [0.25, 0.3) is 0 Å². The van der Waals surface area contributed by atoms with Crippen molar-refractivity contribution < 1.29 is 14.6 Å². The molecule has 1 aliphatic rings. The fourth-order valence-electron chi connectivity index (χ4n) is 2.83. The number of halogens is 1. The van der Waals surface area contributed by atoms with Crippen molar-refractivity contribution in [1.29, 1.82) is 0 Å². The average molecular weight is 317 g/mol. The summed E-state index contributed by atoms with van der Waals surface area (Å²) in [5.41, 5.74) is 0.896. The van der Waals surface area contributed by atoms with Gasteiger partial charge in [0.05, 0.1) is 12.0 Å². The van der Waals surface area contributed by atoms with Gasteiger partial charge < -0.3 is 9.84 Å². The van der Waals surface area contributed by atoms with Crippen LogP contribution < -0.4 is 4.74 Å². The molecular weight excluding hydrogens is 300 g/mol. The van der Waals surface area contributed by atoms with Crippen molar-refractivity contribution >= 4 is 17.4 Å². The number of phenolic OH excluding ortho intramolecular Hbond substituents is 1. The number of para-hydroxylation sites is 1. The van der Waals surface area contributed by atoms with Crippen LogP contribution in [0.1, 0.15) is 35.7 Å². The molecule has 1 atom stereocenters. The summed E-state index contributed by atoms with van der Waals surface area (Å²) in [5, 5.41) is 10.3. The molecule has 0 aliphatic carbocycles. The van der Waals surface area contributed by atoms with Crippen LogP contribution in [-0.2, 0) is 6.42 Å². The highest BCUT2D eigenvalue weighted by molar-refractivity contribution is 6.30. The van der Waals surface area contributed by atoms with Gasteiger partial charge in [-0.2, -0.15) is 0 Å². The molecule has 0 radical (unpaired) electrons. The number of hydrogen-bond donors (Lipinski definition) is 1. The highest BCUT2D eigenvalue weighted by Gasteiger charge is 2.34. The molecule has 0 aromatic heterocycles. The minimum Gasteiger partial charge on any atom is -0.507 e. The summed E-state index contributed by atoms with van der Waals surface area (Å²) in [6.07, 6.45) is 1.87. The lowest BCUT2D eigenvalue weighted by Gasteiger charge is -2.35. The smallest absolute Gasteiger partial charge is 0.170 e. The van der Waals surface area contributed by atoms with Gasteiger partial charge in [0, 0.05) is 5.02 Å². The van der Waals surface area contributed by atoms with Crippen LogP contribution in [-0.4, -0.2) is 16.5 Å². The Labute approximate surface area is 134 Å². The lowest BCUT2D eigenvalue weighted by atomic mass is 9.87. The van der Waals surface area contributed by atoms with Gasteiger partial charge in [-0.15, -0.1) is 0 Å². The summed E-state index contributed by atoms with van der Waals surface area (Å²) in [7, 11) is 0. The number of aryl methyl sites for hydroxylation is 1. The lowest BCUT2D eigenvalue weighted by molar-refractivity contribution is 0.0493. The first-order valence-electron chi connectivity index (χ1n) is 7.25. The van der Waals surface area contributed by atoms with Crippen molar-refractivity contribution in [2.24, 2.45) is 0 Å². The first kappa shape index (κ1) is 14.9. The number of rotatable bonds is 3. The second kappa shape index (κ2) is 5.65. The van der Waals surface area contributed by atoms with E-state index in [0.29, 0.717) is 5.02 Å². The van der Waals surface area contributed by atoms with Crippen molar-refractivity contribution in [2.45, 2.75) is 31.8 Å². The molecule has 1 heterocycles. The number of benzene rings is 2. The molecule has 3 nitrogen and oxygen atoms in total. The van der Waals surface area contributed by atoms with Crippen LogP contribution in [0.15, 0.2) is 42.5 Å². The normalized spacial score (nSPS) is 20.1. The zero-order valence-electron chi connectivity index (χ0n) is 12.3. The Balaban J connectivity index is 1.79. The first-order chi connectivity index (χ1) is 10.5. The maximum atomic E-state index is 12.5. The van der Waals surface area contributed by atoms with E-state index in [4.69, 9.17) is 16.3 Å². The van der Waals surface area contributed by atoms with Crippen LogP contribution in [0.4, 0.5) is 0 Å². The van der Waals surface area contributed by atoms with E-state index >= 15 is 0 Å². The third kappa shape index (κ3) is 2.95. The van der Waals surface area contributed by atoms with Crippen LogP contribution in [0.2, 0.25) is 5.02 Å². The molecular formula is C18H17ClO3. The number of aromatic hydroxyl groups is 1. The van der Waals surface area contributed by atoms with Crippen LogP contribution in [0.25, 0.3) is 0 Å². The van der Waals surface area contributed by atoms with Gasteiger partial charge in [-0.25, -0.2) is 0 Å². The number of carbonyl (C=O) groups excluding carboxylic acids is 1. The van der Waals surface area contributed by atoms with Crippen molar-refractivity contribution in [3.8, 4) is 11.5 Å². The molecule has 0 spiro atoms. The van der Waals surface area contributed by atoms with Crippen molar-refractivity contribution in [2.75, 3.05) is 0 Å². The molecule has 3 rings (SSSR count). The zero-order valence-corrected chi connectivity index (χ0v) is 13.1. The van der Waals surface area contributed by atoms with E-state index in [1.807, 2.05) is 31.2 Å². The Bertz CT molecular complexity index is 726. The lowest BCUT2D eigenvalue weighted by Crippen LogP contribution is -2.38. The van der Waals surface area contributed by atoms with Crippen molar-refractivity contribution in [3.05, 3.63) is 58.6 Å². The molecule has 1 aliphatic heterocycles. The van der Waals surface area contributed by atoms with Crippen LogP contribution in [0.3, 0.4) is 0 Å². The van der Waals surface area contributed by atoms with Crippen LogP contribution in [0, 0.1) is 0 Å². The van der Waals surface area contributed by atoms with Crippen molar-refractivity contribution in [1.82, 2.24) is 0 Å². The number of hydrogen-bond acceptors (Lipinski definition) is 3. The Hall–Kier alpha value is -2.00. The van der Waals surface area contributed by atoms with E-state index in [0.717, 1.165) is 18.6 Å². The summed E-state index contributed by atoms with van der Waals surface area (Å²) >= 11 is 5.80. The molecule has 0 saturated carbocycles. The molecule has 2 aromatic carbocycles. The summed E-state index contributed by atoms with van der Waals surface area (Å²) in [6.45, 7) is 1.94. The second-order valence-corrected chi connectivity index (χ2v) is 6.36. The molecule has 22 heavy (non-hydrogen) atoms. The minimum absolute atomic E-state index is 0.0858. The molecule has 4 heteroatoms. The van der Waals surface area contributed by atoms with Gasteiger partial charge in [0.2, 0.25) is 0 Å². The fourth-order valence-corrected chi connectivity index (χ4v) is 2.99. The highest BCUT2D eigenvalue weighted by Crippen LogP contribution is 2.36. The van der Waals surface area contributed by atoms with Gasteiger partial charge in [0.1, 0.15) is 17.1 Å². The van der Waals surface area contributed by atoms with E-state index in [-0.39, 0.29) is 23.5 Å². The number of fused-ring (bicyclic) bond motifs is 1. The van der Waals surface area contributed by atoms with Gasteiger partial charge in [-0.3, -0.25) is 4.79 Å². The maximum absolute atomic E-state index is 12.5. The summed E-state index contributed by atoms with van der Waals surface area (Å²) in [6, 6.07) is 12.4. The van der Waals surface area contributed by atoms with Gasteiger partial charge >= 0.3 is 0 Å². The molecule has 114 valence electrons. The molecule has 0 amide bonds. The van der Waals surface area contributed by atoms with E-state index in [9.17, 15) is 9.90 Å². The van der Waals surface area contributed by atoms with Crippen LogP contribution >= 0.6 is 11.6 Å². The topological polar surface area (TPSA) is 46.5 Å². The number of Topliss-reactive ketones (excluding diaryl/α,β-unsaturated/α-hetero) is 1. The summed E-state index contributed by atoms with van der Waals surface area (Å²) in [5.74, 6) is 0.609. The Morgan fingerprint density at radius 1 is 1.32 bits per heavy atom. The standard InChI is InChI=1S/C18H17ClO3/c1-18(9-8-12-4-2-3-5-17(12)22-18)11-16(21)14-7-6-13(19)10-15(14)20/h2-7,10,20H,8-9,11H2,1H3. The third-order valence-corrected chi connectivity index (χ3v) is 4.28. The Morgan fingerprint density at radius 3 is 2.86 bits per heavy atom. The van der Waals surface area contributed by atoms with Crippen LogP contribution in [0.5, 0.6) is 11.5 Å². The van der Waals surface area contributed by atoms with Gasteiger partial charge in [0.15, 0.2) is 5.78 Å².